The van der Waals surface area contributed by atoms with Crippen molar-refractivity contribution in [1.82, 2.24) is 4.90 Å². The largest absolute Gasteiger partial charge is 0.339 e. The number of carbonyl (C=O) groups excluding carboxylic acids is 2. The van der Waals surface area contributed by atoms with E-state index < -0.39 is 0 Å². The maximum absolute atomic E-state index is 12.4. The normalized spacial score (nSPS) is 18.7. The fourth-order valence-electron chi connectivity index (χ4n) is 2.80. The SMILES string of the molecule is O=C1Cc2ccc(C(=O)N3CCCCCC3)cc2N1. The van der Waals surface area contributed by atoms with Crippen molar-refractivity contribution in [2.75, 3.05) is 18.4 Å². The summed E-state index contributed by atoms with van der Waals surface area (Å²) in [7, 11) is 0. The van der Waals surface area contributed by atoms with E-state index in [0.29, 0.717) is 12.0 Å². The van der Waals surface area contributed by atoms with E-state index in [-0.39, 0.29) is 11.8 Å². The molecule has 0 saturated carbocycles. The van der Waals surface area contributed by atoms with E-state index in [4.69, 9.17) is 0 Å². The number of carbonyl (C=O) groups is 2. The summed E-state index contributed by atoms with van der Waals surface area (Å²) < 4.78 is 0. The first-order chi connectivity index (χ1) is 9.24. The Bertz CT molecular complexity index is 517. The van der Waals surface area contributed by atoms with Crippen molar-refractivity contribution < 1.29 is 9.59 Å². The van der Waals surface area contributed by atoms with Gasteiger partial charge in [0.25, 0.3) is 5.91 Å². The van der Waals surface area contributed by atoms with Crippen LogP contribution in [0.2, 0.25) is 0 Å². The Hall–Kier alpha value is -1.84. The summed E-state index contributed by atoms with van der Waals surface area (Å²) in [5.41, 5.74) is 2.46. The van der Waals surface area contributed by atoms with Gasteiger partial charge in [0.15, 0.2) is 0 Å². The molecule has 1 N–H and O–H groups in total. The van der Waals surface area contributed by atoms with E-state index in [1.807, 2.05) is 23.1 Å². The molecule has 0 atom stereocenters. The van der Waals surface area contributed by atoms with Crippen molar-refractivity contribution in [2.24, 2.45) is 0 Å². The number of hydrogen-bond donors (Lipinski definition) is 1. The number of hydrogen-bond acceptors (Lipinski definition) is 2. The molecule has 0 radical (unpaired) electrons. The Kier molecular flexibility index (Phi) is 3.23. The lowest BCUT2D eigenvalue weighted by molar-refractivity contribution is -0.115. The van der Waals surface area contributed by atoms with Crippen molar-refractivity contribution in [3.63, 3.8) is 0 Å². The number of nitrogens with one attached hydrogen (secondary N) is 1. The molecule has 2 heterocycles. The molecule has 0 unspecified atom stereocenters. The molecule has 2 aliphatic rings. The van der Waals surface area contributed by atoms with Gasteiger partial charge in [-0.3, -0.25) is 9.59 Å². The molecule has 2 aliphatic heterocycles. The van der Waals surface area contributed by atoms with Crippen molar-refractivity contribution in [3.05, 3.63) is 29.3 Å². The standard InChI is InChI=1S/C15H18N2O2/c18-14-10-11-5-6-12(9-13(11)16-14)15(19)17-7-3-1-2-4-8-17/h5-6,9H,1-4,7-8,10H2,(H,16,18). The maximum atomic E-state index is 12.4. The zero-order chi connectivity index (χ0) is 13.2. The van der Waals surface area contributed by atoms with Crippen LogP contribution in [0.1, 0.15) is 41.6 Å². The van der Waals surface area contributed by atoms with E-state index in [1.54, 1.807) is 0 Å². The minimum atomic E-state index is 0.00868. The van der Waals surface area contributed by atoms with Gasteiger partial charge >= 0.3 is 0 Å². The molecule has 1 fully saturated rings. The molecule has 3 rings (SSSR count). The van der Waals surface area contributed by atoms with Crippen LogP contribution in [0.25, 0.3) is 0 Å². The number of amides is 2. The van der Waals surface area contributed by atoms with Gasteiger partial charge in [-0.25, -0.2) is 0 Å². The van der Waals surface area contributed by atoms with Gasteiger partial charge in [-0.15, -0.1) is 0 Å². The fraction of sp³-hybridized carbons (Fsp3) is 0.467. The van der Waals surface area contributed by atoms with Gasteiger partial charge in [-0.2, -0.15) is 0 Å². The second-order valence-electron chi connectivity index (χ2n) is 5.30. The minimum absolute atomic E-state index is 0.00868. The minimum Gasteiger partial charge on any atom is -0.339 e. The number of likely N-dealkylation sites (tertiary alicyclic amines) is 1. The molecule has 1 aromatic rings. The molecule has 100 valence electrons. The third-order valence-electron chi connectivity index (χ3n) is 3.88. The van der Waals surface area contributed by atoms with Crippen molar-refractivity contribution in [1.29, 1.82) is 0 Å². The fourth-order valence-corrected chi connectivity index (χ4v) is 2.80. The zero-order valence-electron chi connectivity index (χ0n) is 10.9. The van der Waals surface area contributed by atoms with Gasteiger partial charge in [0.05, 0.1) is 6.42 Å². The number of anilines is 1. The summed E-state index contributed by atoms with van der Waals surface area (Å²) in [6, 6.07) is 5.54. The van der Waals surface area contributed by atoms with Gasteiger partial charge in [0, 0.05) is 24.3 Å². The Balaban J connectivity index is 1.80. The molecule has 1 aromatic carbocycles. The highest BCUT2D eigenvalue weighted by atomic mass is 16.2. The predicted molar refractivity (Wildman–Crippen MR) is 73.1 cm³/mol. The molecule has 19 heavy (non-hydrogen) atoms. The third-order valence-corrected chi connectivity index (χ3v) is 3.88. The van der Waals surface area contributed by atoms with Gasteiger partial charge < -0.3 is 10.2 Å². The molecule has 4 nitrogen and oxygen atoms in total. The lowest BCUT2D eigenvalue weighted by Crippen LogP contribution is -2.31. The van der Waals surface area contributed by atoms with E-state index in [2.05, 4.69) is 5.32 Å². The Morgan fingerprint density at radius 2 is 1.84 bits per heavy atom. The summed E-state index contributed by atoms with van der Waals surface area (Å²) in [5.74, 6) is 0.0974. The van der Waals surface area contributed by atoms with E-state index >= 15 is 0 Å². The third kappa shape index (κ3) is 2.48. The Labute approximate surface area is 112 Å². The van der Waals surface area contributed by atoms with Gasteiger partial charge in [-0.1, -0.05) is 18.9 Å². The first-order valence-electron chi connectivity index (χ1n) is 6.96. The molecular weight excluding hydrogens is 240 g/mol. The highest BCUT2D eigenvalue weighted by Gasteiger charge is 2.22. The molecule has 2 amide bonds. The predicted octanol–water partition coefficient (Wildman–Crippen LogP) is 2.20. The average Bonchev–Trinajstić information content (AvgIpc) is 2.63. The van der Waals surface area contributed by atoms with Crippen LogP contribution in [0.5, 0.6) is 0 Å². The van der Waals surface area contributed by atoms with Gasteiger partial charge in [0.2, 0.25) is 5.91 Å². The van der Waals surface area contributed by atoms with Crippen molar-refractivity contribution in [2.45, 2.75) is 32.1 Å². The highest BCUT2D eigenvalue weighted by molar-refractivity contribution is 6.02. The van der Waals surface area contributed by atoms with Gasteiger partial charge in [0.1, 0.15) is 0 Å². The second-order valence-corrected chi connectivity index (χ2v) is 5.30. The molecular formula is C15H18N2O2. The highest BCUT2D eigenvalue weighted by Crippen LogP contribution is 2.25. The number of benzene rings is 1. The molecule has 0 aliphatic carbocycles. The van der Waals surface area contributed by atoms with Crippen LogP contribution in [0, 0.1) is 0 Å². The van der Waals surface area contributed by atoms with E-state index in [1.165, 1.54) is 12.8 Å². The zero-order valence-corrected chi connectivity index (χ0v) is 10.9. The molecule has 0 bridgehead atoms. The van der Waals surface area contributed by atoms with Crippen LogP contribution < -0.4 is 5.32 Å². The molecule has 4 heteroatoms. The number of rotatable bonds is 1. The number of fused-ring (bicyclic) bond motifs is 1. The van der Waals surface area contributed by atoms with Crippen LogP contribution in [-0.2, 0) is 11.2 Å². The smallest absolute Gasteiger partial charge is 0.253 e. The first kappa shape index (κ1) is 12.2. The van der Waals surface area contributed by atoms with Gasteiger partial charge in [-0.05, 0) is 30.5 Å². The molecule has 0 spiro atoms. The molecule has 1 saturated heterocycles. The topological polar surface area (TPSA) is 49.4 Å². The number of nitrogens with zero attached hydrogens (tertiary/aromatic N) is 1. The first-order valence-corrected chi connectivity index (χ1v) is 6.96. The van der Waals surface area contributed by atoms with Crippen molar-refractivity contribution in [3.8, 4) is 0 Å². The summed E-state index contributed by atoms with van der Waals surface area (Å²) >= 11 is 0. The van der Waals surface area contributed by atoms with Crippen LogP contribution in [0.3, 0.4) is 0 Å². The van der Waals surface area contributed by atoms with Crippen LogP contribution in [0.4, 0.5) is 5.69 Å². The van der Waals surface area contributed by atoms with E-state index in [9.17, 15) is 9.59 Å². The lowest BCUT2D eigenvalue weighted by atomic mass is 10.1. The average molecular weight is 258 g/mol. The summed E-state index contributed by atoms with van der Waals surface area (Å²) in [4.78, 5) is 25.7. The summed E-state index contributed by atoms with van der Waals surface area (Å²) in [6.45, 7) is 1.70. The molecule has 0 aromatic heterocycles. The summed E-state index contributed by atoms with van der Waals surface area (Å²) in [5, 5.41) is 2.80. The second kappa shape index (κ2) is 5.03. The lowest BCUT2D eigenvalue weighted by Gasteiger charge is -2.20. The van der Waals surface area contributed by atoms with E-state index in [0.717, 1.165) is 37.2 Å². The van der Waals surface area contributed by atoms with Crippen LogP contribution >= 0.6 is 0 Å². The summed E-state index contributed by atoms with van der Waals surface area (Å²) in [6.07, 6.45) is 5.03. The monoisotopic (exact) mass is 258 g/mol. The quantitative estimate of drug-likeness (QED) is 0.839. The Morgan fingerprint density at radius 3 is 2.58 bits per heavy atom. The van der Waals surface area contributed by atoms with Crippen LogP contribution in [-0.4, -0.2) is 29.8 Å². The van der Waals surface area contributed by atoms with Crippen LogP contribution in [0.15, 0.2) is 18.2 Å². The Morgan fingerprint density at radius 1 is 1.11 bits per heavy atom. The maximum Gasteiger partial charge on any atom is 0.253 e. The van der Waals surface area contributed by atoms with Crippen molar-refractivity contribution >= 4 is 17.5 Å².